The molecule has 5 heteroatoms. The van der Waals surface area contributed by atoms with Crippen molar-refractivity contribution in [2.75, 3.05) is 14.2 Å². The summed E-state index contributed by atoms with van der Waals surface area (Å²) in [6.45, 7) is 2.05. The normalized spacial score (nSPS) is 10.7. The molecule has 0 bridgehead atoms. The molecule has 3 rings (SSSR count). The number of aromatic amines is 1. The minimum Gasteiger partial charge on any atom is -0.493 e. The third-order valence-corrected chi connectivity index (χ3v) is 4.25. The van der Waals surface area contributed by atoms with Gasteiger partial charge in [-0.25, -0.2) is 0 Å². The highest BCUT2D eigenvalue weighted by molar-refractivity contribution is 6.10. The van der Waals surface area contributed by atoms with Crippen LogP contribution in [0.1, 0.15) is 28.4 Å². The number of H-pyrrole nitrogens is 1. The van der Waals surface area contributed by atoms with E-state index in [1.807, 2.05) is 19.1 Å². The molecular formula is C20H19NO4. The molecule has 25 heavy (non-hydrogen) atoms. The molecule has 0 saturated carbocycles. The van der Waals surface area contributed by atoms with Crippen molar-refractivity contribution in [1.29, 1.82) is 0 Å². The second-order valence-corrected chi connectivity index (χ2v) is 5.66. The van der Waals surface area contributed by atoms with Crippen molar-refractivity contribution >= 4 is 16.7 Å². The van der Waals surface area contributed by atoms with Crippen LogP contribution in [-0.4, -0.2) is 25.0 Å². The number of hydrogen-bond donors (Lipinski definition) is 1. The van der Waals surface area contributed by atoms with Gasteiger partial charge in [-0.1, -0.05) is 31.2 Å². The van der Waals surface area contributed by atoms with Crippen LogP contribution in [0.25, 0.3) is 10.9 Å². The van der Waals surface area contributed by atoms with Gasteiger partial charge >= 0.3 is 0 Å². The number of hydrogen-bond acceptors (Lipinski definition) is 4. The molecule has 0 unspecified atom stereocenters. The maximum atomic E-state index is 12.8. The van der Waals surface area contributed by atoms with Crippen LogP contribution in [0.2, 0.25) is 0 Å². The molecule has 0 aliphatic carbocycles. The summed E-state index contributed by atoms with van der Waals surface area (Å²) in [5.41, 5.74) is 1.98. The summed E-state index contributed by atoms with van der Waals surface area (Å²) in [7, 11) is 3.03. The number of nitrogens with one attached hydrogen (secondary N) is 1. The summed E-state index contributed by atoms with van der Waals surface area (Å²) in [4.78, 5) is 28.5. The predicted octanol–water partition coefficient (Wildman–Crippen LogP) is 3.34. The van der Waals surface area contributed by atoms with Crippen LogP contribution >= 0.6 is 0 Å². The van der Waals surface area contributed by atoms with Crippen molar-refractivity contribution in [2.45, 2.75) is 13.3 Å². The Balaban J connectivity index is 2.11. The lowest BCUT2D eigenvalue weighted by molar-refractivity contribution is 0.103. The third-order valence-electron chi connectivity index (χ3n) is 4.25. The molecule has 128 valence electrons. The standard InChI is InChI=1S/C20H19NO4/c1-4-12-5-7-13(8-6-12)19(22)15-11-21-16-10-18(25-3)17(24-2)9-14(16)20(15)23/h5-11H,4H2,1-3H3,(H,21,23). The third kappa shape index (κ3) is 3.01. The zero-order valence-corrected chi connectivity index (χ0v) is 14.4. The van der Waals surface area contributed by atoms with E-state index in [1.165, 1.54) is 20.4 Å². The molecule has 0 aliphatic heterocycles. The van der Waals surface area contributed by atoms with Crippen LogP contribution in [-0.2, 0) is 6.42 Å². The van der Waals surface area contributed by atoms with Crippen molar-refractivity contribution in [1.82, 2.24) is 4.98 Å². The van der Waals surface area contributed by atoms with E-state index in [2.05, 4.69) is 4.98 Å². The molecule has 0 radical (unpaired) electrons. The molecule has 2 aromatic carbocycles. The molecule has 5 nitrogen and oxygen atoms in total. The van der Waals surface area contributed by atoms with Crippen molar-refractivity contribution in [3.63, 3.8) is 0 Å². The molecule has 0 spiro atoms. The number of pyridine rings is 1. The Labute approximate surface area is 145 Å². The first-order chi connectivity index (χ1) is 12.1. The van der Waals surface area contributed by atoms with Gasteiger partial charge in [0.15, 0.2) is 17.3 Å². The van der Waals surface area contributed by atoms with Gasteiger partial charge in [-0.15, -0.1) is 0 Å². The molecule has 1 N–H and O–H groups in total. The van der Waals surface area contributed by atoms with Gasteiger partial charge in [0, 0.05) is 17.8 Å². The van der Waals surface area contributed by atoms with E-state index in [9.17, 15) is 9.59 Å². The fourth-order valence-corrected chi connectivity index (χ4v) is 2.76. The number of rotatable bonds is 5. The predicted molar refractivity (Wildman–Crippen MR) is 96.9 cm³/mol. The van der Waals surface area contributed by atoms with Gasteiger partial charge < -0.3 is 14.5 Å². The molecule has 1 heterocycles. The number of carbonyl (C=O) groups is 1. The summed E-state index contributed by atoms with van der Waals surface area (Å²) >= 11 is 0. The summed E-state index contributed by atoms with van der Waals surface area (Å²) < 4.78 is 10.5. The first-order valence-corrected chi connectivity index (χ1v) is 8.00. The van der Waals surface area contributed by atoms with Gasteiger partial charge in [0.25, 0.3) is 0 Å². The minimum atomic E-state index is -0.334. The Morgan fingerprint density at radius 2 is 1.68 bits per heavy atom. The van der Waals surface area contributed by atoms with Crippen LogP contribution < -0.4 is 14.9 Å². The number of carbonyl (C=O) groups excluding carboxylic acids is 1. The molecule has 0 amide bonds. The van der Waals surface area contributed by atoms with Gasteiger partial charge in [0.05, 0.1) is 30.7 Å². The number of aromatic nitrogens is 1. The van der Waals surface area contributed by atoms with Crippen LogP contribution in [0, 0.1) is 0 Å². The monoisotopic (exact) mass is 337 g/mol. The second kappa shape index (κ2) is 6.81. The van der Waals surface area contributed by atoms with Crippen LogP contribution in [0.5, 0.6) is 11.5 Å². The van der Waals surface area contributed by atoms with Crippen molar-refractivity contribution in [2.24, 2.45) is 0 Å². The molecule has 3 aromatic rings. The zero-order chi connectivity index (χ0) is 18.0. The smallest absolute Gasteiger partial charge is 0.200 e. The summed E-state index contributed by atoms with van der Waals surface area (Å²) in [5.74, 6) is 0.651. The van der Waals surface area contributed by atoms with E-state index in [0.29, 0.717) is 28.0 Å². The van der Waals surface area contributed by atoms with E-state index >= 15 is 0 Å². The van der Waals surface area contributed by atoms with Crippen molar-refractivity contribution in [3.8, 4) is 11.5 Å². The summed E-state index contributed by atoms with van der Waals surface area (Å²) in [6.07, 6.45) is 2.35. The Morgan fingerprint density at radius 3 is 2.28 bits per heavy atom. The molecule has 0 aliphatic rings. The number of ketones is 1. The second-order valence-electron chi connectivity index (χ2n) is 5.66. The lowest BCUT2D eigenvalue weighted by Crippen LogP contribution is -2.17. The maximum Gasteiger partial charge on any atom is 0.200 e. The maximum absolute atomic E-state index is 12.8. The molecule has 1 aromatic heterocycles. The quantitative estimate of drug-likeness (QED) is 0.725. The van der Waals surface area contributed by atoms with Crippen molar-refractivity contribution < 1.29 is 14.3 Å². The lowest BCUT2D eigenvalue weighted by atomic mass is 10.0. The number of methoxy groups -OCH3 is 2. The van der Waals surface area contributed by atoms with Gasteiger partial charge in [-0.3, -0.25) is 9.59 Å². The summed E-state index contributed by atoms with van der Waals surface area (Å²) in [5, 5.41) is 0.383. The van der Waals surface area contributed by atoms with Gasteiger partial charge in [-0.05, 0) is 18.1 Å². The van der Waals surface area contributed by atoms with E-state index < -0.39 is 0 Å². The topological polar surface area (TPSA) is 68.4 Å². The lowest BCUT2D eigenvalue weighted by Gasteiger charge is -2.10. The van der Waals surface area contributed by atoms with E-state index in [0.717, 1.165) is 12.0 Å². The Bertz CT molecular complexity index is 987. The highest BCUT2D eigenvalue weighted by Crippen LogP contribution is 2.30. The average molecular weight is 337 g/mol. The Hall–Kier alpha value is -3.08. The fourth-order valence-electron chi connectivity index (χ4n) is 2.76. The average Bonchev–Trinajstić information content (AvgIpc) is 2.67. The van der Waals surface area contributed by atoms with E-state index in [4.69, 9.17) is 9.47 Å². The molecule has 0 fully saturated rings. The van der Waals surface area contributed by atoms with Crippen LogP contribution in [0.4, 0.5) is 0 Å². The minimum absolute atomic E-state index is 0.101. The fraction of sp³-hybridized carbons (Fsp3) is 0.200. The molecule has 0 saturated heterocycles. The van der Waals surface area contributed by atoms with Gasteiger partial charge in [-0.2, -0.15) is 0 Å². The van der Waals surface area contributed by atoms with Gasteiger partial charge in [0.2, 0.25) is 5.43 Å². The Morgan fingerprint density at radius 1 is 1.04 bits per heavy atom. The van der Waals surface area contributed by atoms with Gasteiger partial charge in [0.1, 0.15) is 0 Å². The number of benzene rings is 2. The van der Waals surface area contributed by atoms with Crippen molar-refractivity contribution in [3.05, 3.63) is 69.5 Å². The zero-order valence-electron chi connectivity index (χ0n) is 14.4. The number of fused-ring (bicyclic) bond motifs is 1. The van der Waals surface area contributed by atoms with E-state index in [-0.39, 0.29) is 16.8 Å². The number of aryl methyl sites for hydroxylation is 1. The van der Waals surface area contributed by atoms with E-state index in [1.54, 1.807) is 24.3 Å². The van der Waals surface area contributed by atoms with Crippen LogP contribution in [0.15, 0.2) is 47.4 Å². The highest BCUT2D eigenvalue weighted by atomic mass is 16.5. The largest absolute Gasteiger partial charge is 0.493 e. The number of ether oxygens (including phenoxy) is 2. The Kier molecular flexibility index (Phi) is 4.57. The molecular weight excluding hydrogens is 318 g/mol. The van der Waals surface area contributed by atoms with Crippen LogP contribution in [0.3, 0.4) is 0 Å². The first kappa shape index (κ1) is 16.8. The molecule has 0 atom stereocenters. The highest BCUT2D eigenvalue weighted by Gasteiger charge is 2.17. The first-order valence-electron chi connectivity index (χ1n) is 8.00. The SMILES string of the molecule is CCc1ccc(C(=O)c2c[nH]c3cc(OC)c(OC)cc3c2=O)cc1. The summed E-state index contributed by atoms with van der Waals surface area (Å²) in [6, 6.07) is 10.6.